The lowest BCUT2D eigenvalue weighted by Gasteiger charge is -2.20. The van der Waals surface area contributed by atoms with E-state index >= 15 is 0 Å². The van der Waals surface area contributed by atoms with E-state index in [1.54, 1.807) is 0 Å². The lowest BCUT2D eigenvalue weighted by atomic mass is 10.2. The molecule has 0 aliphatic rings. The van der Waals surface area contributed by atoms with Gasteiger partial charge in [0.1, 0.15) is 12.4 Å². The van der Waals surface area contributed by atoms with Crippen LogP contribution in [0, 0.1) is 0 Å². The summed E-state index contributed by atoms with van der Waals surface area (Å²) in [5, 5.41) is 17.7. The number of ether oxygens (including phenoxy) is 1. The van der Waals surface area contributed by atoms with E-state index in [1.165, 1.54) is 0 Å². The lowest BCUT2D eigenvalue weighted by molar-refractivity contribution is 0.141. The van der Waals surface area contributed by atoms with Crippen LogP contribution in [0.1, 0.15) is 5.56 Å². The van der Waals surface area contributed by atoms with Crippen molar-refractivity contribution >= 4 is 0 Å². The molecule has 0 fully saturated rings. The van der Waals surface area contributed by atoms with Crippen molar-refractivity contribution in [1.82, 2.24) is 4.90 Å². The van der Waals surface area contributed by atoms with Crippen molar-refractivity contribution in [3.05, 3.63) is 29.8 Å². The highest BCUT2D eigenvalue weighted by atomic mass is 16.5. The van der Waals surface area contributed by atoms with E-state index in [-0.39, 0.29) is 13.2 Å². The Balaban J connectivity index is 2.30. The van der Waals surface area contributed by atoms with Crippen LogP contribution in [0.3, 0.4) is 0 Å². The van der Waals surface area contributed by atoms with Crippen molar-refractivity contribution in [2.24, 2.45) is 5.73 Å². The van der Waals surface area contributed by atoms with E-state index in [4.69, 9.17) is 20.7 Å². The zero-order valence-corrected chi connectivity index (χ0v) is 10.6. The van der Waals surface area contributed by atoms with Crippen LogP contribution >= 0.6 is 0 Å². The molecule has 0 saturated carbocycles. The fourth-order valence-corrected chi connectivity index (χ4v) is 1.63. The smallest absolute Gasteiger partial charge is 0.119 e. The summed E-state index contributed by atoms with van der Waals surface area (Å²) in [5.74, 6) is 0.806. The zero-order chi connectivity index (χ0) is 13.2. The van der Waals surface area contributed by atoms with Crippen LogP contribution in [0.5, 0.6) is 5.75 Å². The molecule has 5 heteroatoms. The van der Waals surface area contributed by atoms with Gasteiger partial charge in [0, 0.05) is 26.2 Å². The Bertz CT molecular complexity index is 311. The van der Waals surface area contributed by atoms with Gasteiger partial charge in [-0.15, -0.1) is 0 Å². The van der Waals surface area contributed by atoms with E-state index in [9.17, 15) is 0 Å². The van der Waals surface area contributed by atoms with Gasteiger partial charge in [0.15, 0.2) is 0 Å². The Morgan fingerprint density at radius 2 is 1.61 bits per heavy atom. The van der Waals surface area contributed by atoms with Crippen LogP contribution in [0.4, 0.5) is 0 Å². The fraction of sp³-hybridized carbons (Fsp3) is 0.538. The average Bonchev–Trinajstić information content (AvgIpc) is 2.40. The molecule has 1 rings (SSSR count). The molecule has 5 nitrogen and oxygen atoms in total. The standard InChI is InChI=1S/C13H22N2O3/c14-11-12-1-3-13(4-2-12)18-10-7-15(5-8-16)6-9-17/h1-4,16-17H,5-11,14H2. The maximum atomic E-state index is 8.86. The molecule has 0 aliphatic carbocycles. The molecule has 0 bridgehead atoms. The third-order valence-electron chi connectivity index (χ3n) is 2.67. The minimum atomic E-state index is 0.0885. The monoisotopic (exact) mass is 254 g/mol. The first kappa shape index (κ1) is 14.9. The Kier molecular flexibility index (Phi) is 7.36. The topological polar surface area (TPSA) is 79.0 Å². The van der Waals surface area contributed by atoms with E-state index in [0.29, 0.717) is 32.8 Å². The van der Waals surface area contributed by atoms with Crippen LogP contribution < -0.4 is 10.5 Å². The summed E-state index contributed by atoms with van der Waals surface area (Å²) in [6, 6.07) is 7.67. The molecule has 0 unspecified atom stereocenters. The molecule has 1 aromatic rings. The number of hydrogen-bond donors (Lipinski definition) is 3. The van der Waals surface area contributed by atoms with Crippen molar-refractivity contribution in [1.29, 1.82) is 0 Å². The third kappa shape index (κ3) is 5.46. The van der Waals surface area contributed by atoms with E-state index in [2.05, 4.69) is 0 Å². The van der Waals surface area contributed by atoms with Crippen LogP contribution in [0.15, 0.2) is 24.3 Å². The molecule has 0 aromatic heterocycles. The summed E-state index contributed by atoms with van der Waals surface area (Å²) >= 11 is 0. The summed E-state index contributed by atoms with van der Waals surface area (Å²) in [7, 11) is 0. The Labute approximate surface area is 108 Å². The molecule has 0 spiro atoms. The van der Waals surface area contributed by atoms with Crippen LogP contribution in [-0.4, -0.2) is 54.6 Å². The van der Waals surface area contributed by atoms with Crippen molar-refractivity contribution in [3.8, 4) is 5.75 Å². The number of aliphatic hydroxyl groups is 2. The number of nitrogens with zero attached hydrogens (tertiary/aromatic N) is 1. The summed E-state index contributed by atoms with van der Waals surface area (Å²) < 4.78 is 5.58. The second-order valence-electron chi connectivity index (χ2n) is 3.99. The summed E-state index contributed by atoms with van der Waals surface area (Å²) in [6.45, 7) is 3.02. The molecule has 0 heterocycles. The second-order valence-corrected chi connectivity index (χ2v) is 3.99. The number of benzene rings is 1. The van der Waals surface area contributed by atoms with E-state index in [1.807, 2.05) is 29.2 Å². The molecule has 0 saturated heterocycles. The minimum absolute atomic E-state index is 0.0885. The van der Waals surface area contributed by atoms with Gasteiger partial charge in [-0.2, -0.15) is 0 Å². The van der Waals surface area contributed by atoms with Crippen molar-refractivity contribution in [3.63, 3.8) is 0 Å². The fourth-order valence-electron chi connectivity index (χ4n) is 1.63. The summed E-state index contributed by atoms with van der Waals surface area (Å²) in [4.78, 5) is 1.95. The molecule has 1 aromatic carbocycles. The molecular weight excluding hydrogens is 232 g/mol. The largest absolute Gasteiger partial charge is 0.492 e. The SMILES string of the molecule is NCc1ccc(OCCN(CCO)CCO)cc1. The van der Waals surface area contributed by atoms with Crippen LogP contribution in [0.25, 0.3) is 0 Å². The van der Waals surface area contributed by atoms with E-state index in [0.717, 1.165) is 11.3 Å². The van der Waals surface area contributed by atoms with Gasteiger partial charge >= 0.3 is 0 Å². The Hall–Kier alpha value is -1.14. The average molecular weight is 254 g/mol. The number of aliphatic hydroxyl groups excluding tert-OH is 2. The summed E-state index contributed by atoms with van der Waals surface area (Å²) in [5.41, 5.74) is 6.59. The molecule has 4 N–H and O–H groups in total. The van der Waals surface area contributed by atoms with Gasteiger partial charge in [-0.3, -0.25) is 4.90 Å². The molecule has 0 amide bonds. The third-order valence-corrected chi connectivity index (χ3v) is 2.67. The first-order valence-electron chi connectivity index (χ1n) is 6.16. The molecule has 0 atom stereocenters. The second kappa shape index (κ2) is 8.88. The van der Waals surface area contributed by atoms with Gasteiger partial charge < -0.3 is 20.7 Å². The van der Waals surface area contributed by atoms with E-state index < -0.39 is 0 Å². The van der Waals surface area contributed by atoms with Crippen LogP contribution in [0.2, 0.25) is 0 Å². The van der Waals surface area contributed by atoms with Crippen LogP contribution in [-0.2, 0) is 6.54 Å². The molecule has 18 heavy (non-hydrogen) atoms. The first-order chi connectivity index (χ1) is 8.80. The zero-order valence-electron chi connectivity index (χ0n) is 10.6. The normalized spacial score (nSPS) is 10.9. The number of hydrogen-bond acceptors (Lipinski definition) is 5. The maximum Gasteiger partial charge on any atom is 0.119 e. The molecule has 0 radical (unpaired) electrons. The predicted octanol–water partition coefficient (Wildman–Crippen LogP) is -0.189. The molecule has 102 valence electrons. The first-order valence-corrected chi connectivity index (χ1v) is 6.16. The van der Waals surface area contributed by atoms with Gasteiger partial charge in [0.05, 0.1) is 13.2 Å². The number of nitrogens with two attached hydrogens (primary N) is 1. The Morgan fingerprint density at radius 3 is 2.11 bits per heavy atom. The quantitative estimate of drug-likeness (QED) is 0.569. The van der Waals surface area contributed by atoms with Gasteiger partial charge in [-0.1, -0.05) is 12.1 Å². The lowest BCUT2D eigenvalue weighted by Crippen LogP contribution is -2.33. The predicted molar refractivity (Wildman–Crippen MR) is 70.4 cm³/mol. The van der Waals surface area contributed by atoms with Gasteiger partial charge in [0.25, 0.3) is 0 Å². The highest BCUT2D eigenvalue weighted by Gasteiger charge is 2.03. The molecule has 0 aliphatic heterocycles. The number of rotatable bonds is 9. The molecular formula is C13H22N2O3. The highest BCUT2D eigenvalue weighted by molar-refractivity contribution is 5.27. The van der Waals surface area contributed by atoms with Gasteiger partial charge in [-0.05, 0) is 17.7 Å². The highest BCUT2D eigenvalue weighted by Crippen LogP contribution is 2.11. The van der Waals surface area contributed by atoms with Crippen molar-refractivity contribution in [2.75, 3.05) is 39.5 Å². The Morgan fingerprint density at radius 1 is 1.00 bits per heavy atom. The van der Waals surface area contributed by atoms with Gasteiger partial charge in [0.2, 0.25) is 0 Å². The van der Waals surface area contributed by atoms with Crippen molar-refractivity contribution < 1.29 is 14.9 Å². The van der Waals surface area contributed by atoms with Gasteiger partial charge in [-0.25, -0.2) is 0 Å². The summed E-state index contributed by atoms with van der Waals surface area (Å²) in [6.07, 6.45) is 0. The van der Waals surface area contributed by atoms with Crippen molar-refractivity contribution in [2.45, 2.75) is 6.54 Å². The minimum Gasteiger partial charge on any atom is -0.492 e. The maximum absolute atomic E-state index is 8.86.